The predicted octanol–water partition coefficient (Wildman–Crippen LogP) is 10.6. The summed E-state index contributed by atoms with van der Waals surface area (Å²) >= 11 is 0. The van der Waals surface area contributed by atoms with Crippen LogP contribution in [0.3, 0.4) is 0 Å². The number of aliphatic hydroxyl groups is 2. The quantitative estimate of drug-likeness (QED) is 0.0649. The lowest BCUT2D eigenvalue weighted by Gasteiger charge is -2.37. The van der Waals surface area contributed by atoms with Crippen molar-refractivity contribution in [2.24, 2.45) is 0 Å². The number of aliphatic hydroxyl groups excluding tert-OH is 2. The van der Waals surface area contributed by atoms with E-state index in [9.17, 15) is 29.5 Å². The number of fused-ring (bicyclic) bond motifs is 2. The first-order valence-electron chi connectivity index (χ1n) is 28.2. The average molecular weight is 1080 g/mol. The molecular weight excluding hydrogens is 1010 g/mol. The summed E-state index contributed by atoms with van der Waals surface area (Å²) < 4.78 is 27.6. The van der Waals surface area contributed by atoms with Gasteiger partial charge in [0.2, 0.25) is 0 Å². The number of carbonyl (C=O) groups excluding carboxylic acids is 2. The average Bonchev–Trinajstić information content (AvgIpc) is 4.05. The molecule has 4 amide bonds. The number of nitrogens with zero attached hydrogens (tertiary/aromatic N) is 6. The summed E-state index contributed by atoms with van der Waals surface area (Å²) in [4.78, 5) is 36.4. The fourth-order valence-corrected chi connectivity index (χ4v) is 11.7. The first-order chi connectivity index (χ1) is 38.7. The molecule has 5 N–H and O–H groups in total. The third-order valence-electron chi connectivity index (χ3n) is 15.8. The number of unbranched alkanes of at least 4 members (excludes halogenated alkanes) is 2. The summed E-state index contributed by atoms with van der Waals surface area (Å²) in [5, 5.41) is 40.6. The SMILES string of the molecule is CCCCN1C(=O)N(Cc2ccc(F)c(C#N)c2)[C@H](Cc2ccccc2)C2OC(C)(C)OC2[C@H]1Cc1ccccc1.CCCCN1C(=O)N(Cc2ccc3[nH]nc(N)c3c2)[C@H](Cc2ccccc2)[C@H](O)[C@@H](O)[C@H]1Cc1ccccc1. The first kappa shape index (κ1) is 57.1. The Hall–Kier alpha value is -7.61. The number of nitrogen functional groups attached to an aromatic ring is 1. The van der Waals surface area contributed by atoms with Gasteiger partial charge in [-0.2, -0.15) is 10.4 Å². The van der Waals surface area contributed by atoms with Crippen LogP contribution in [-0.4, -0.2) is 120 Å². The largest absolute Gasteiger partial charge is 0.388 e. The maximum absolute atomic E-state index is 14.7. The number of urea groups is 2. The molecule has 6 aromatic carbocycles. The molecule has 4 heterocycles. The van der Waals surface area contributed by atoms with Crippen LogP contribution in [-0.2, 0) is 48.2 Å². The van der Waals surface area contributed by atoms with Gasteiger partial charge in [0.05, 0.1) is 35.2 Å². The molecule has 3 aliphatic heterocycles. The van der Waals surface area contributed by atoms with Crippen LogP contribution in [0.4, 0.5) is 19.8 Å². The number of aromatic amines is 1. The van der Waals surface area contributed by atoms with Crippen LogP contribution in [0.2, 0.25) is 0 Å². The topological polar surface area (TPSA) is 185 Å². The number of nitrogens with one attached hydrogen (secondary N) is 1. The Balaban J connectivity index is 0.000000194. The number of ether oxygens (including phenoxy) is 2. The Kier molecular flexibility index (Phi) is 18.6. The van der Waals surface area contributed by atoms with Crippen molar-refractivity contribution >= 4 is 28.8 Å². The van der Waals surface area contributed by atoms with Crippen LogP contribution >= 0.6 is 0 Å². The van der Waals surface area contributed by atoms with E-state index in [1.807, 2.05) is 145 Å². The van der Waals surface area contributed by atoms with Gasteiger partial charge in [-0.1, -0.05) is 160 Å². The van der Waals surface area contributed by atoms with Gasteiger partial charge in [-0.15, -0.1) is 0 Å². The number of carbonyl (C=O) groups is 2. The summed E-state index contributed by atoms with van der Waals surface area (Å²) in [6.07, 6.45) is 2.57. The summed E-state index contributed by atoms with van der Waals surface area (Å²) in [6.45, 7) is 9.64. The van der Waals surface area contributed by atoms with Crippen LogP contribution in [0.1, 0.15) is 92.3 Å². The second-order valence-electron chi connectivity index (χ2n) is 21.9. The zero-order valence-electron chi connectivity index (χ0n) is 46.3. The van der Waals surface area contributed by atoms with Crippen molar-refractivity contribution in [1.29, 1.82) is 5.26 Å². The van der Waals surface area contributed by atoms with Gasteiger partial charge in [-0.3, -0.25) is 5.10 Å². The molecule has 7 aromatic rings. The molecule has 418 valence electrons. The van der Waals surface area contributed by atoms with E-state index >= 15 is 0 Å². The molecule has 15 heteroatoms. The van der Waals surface area contributed by atoms with Crippen LogP contribution in [0.5, 0.6) is 0 Å². The van der Waals surface area contributed by atoms with Gasteiger partial charge >= 0.3 is 12.1 Å². The molecule has 0 bridgehead atoms. The fraction of sp³-hybridized carbons (Fsp3) is 0.385. The Labute approximate surface area is 469 Å². The number of anilines is 1. The van der Waals surface area contributed by atoms with Gasteiger partial charge in [-0.25, -0.2) is 14.0 Å². The van der Waals surface area contributed by atoms with Crippen LogP contribution in [0.15, 0.2) is 158 Å². The molecule has 10 rings (SSSR count). The van der Waals surface area contributed by atoms with Gasteiger partial charge in [0.15, 0.2) is 11.6 Å². The molecule has 0 aliphatic carbocycles. The minimum absolute atomic E-state index is 0.0337. The van der Waals surface area contributed by atoms with Crippen molar-refractivity contribution in [3.63, 3.8) is 0 Å². The number of aromatic nitrogens is 2. The second-order valence-corrected chi connectivity index (χ2v) is 21.9. The summed E-state index contributed by atoms with van der Waals surface area (Å²) in [5.74, 6) is -0.995. The monoisotopic (exact) mass is 1080 g/mol. The zero-order valence-corrected chi connectivity index (χ0v) is 46.3. The highest BCUT2D eigenvalue weighted by atomic mass is 19.1. The van der Waals surface area contributed by atoms with Gasteiger partial charge in [0.1, 0.15) is 36.3 Å². The van der Waals surface area contributed by atoms with E-state index in [0.717, 1.165) is 64.4 Å². The molecule has 3 saturated heterocycles. The van der Waals surface area contributed by atoms with E-state index in [0.29, 0.717) is 50.2 Å². The van der Waals surface area contributed by atoms with Crippen molar-refractivity contribution in [1.82, 2.24) is 29.8 Å². The van der Waals surface area contributed by atoms with Crippen molar-refractivity contribution in [3.8, 4) is 6.07 Å². The Bertz CT molecular complexity index is 3180. The summed E-state index contributed by atoms with van der Waals surface area (Å²) in [7, 11) is 0. The number of halogens is 1. The van der Waals surface area contributed by atoms with Crippen LogP contribution in [0.25, 0.3) is 10.9 Å². The third-order valence-corrected chi connectivity index (χ3v) is 15.8. The molecule has 80 heavy (non-hydrogen) atoms. The predicted molar refractivity (Wildman–Crippen MR) is 308 cm³/mol. The van der Waals surface area contributed by atoms with Crippen LogP contribution in [0, 0.1) is 17.1 Å². The fourth-order valence-electron chi connectivity index (χ4n) is 11.7. The lowest BCUT2D eigenvalue weighted by Crippen LogP contribution is -2.52. The number of rotatable bonds is 18. The molecule has 0 spiro atoms. The zero-order chi connectivity index (χ0) is 56.3. The molecule has 2 unspecified atom stereocenters. The van der Waals surface area contributed by atoms with E-state index in [1.165, 1.54) is 6.07 Å². The highest BCUT2D eigenvalue weighted by Crippen LogP contribution is 2.40. The number of nitriles is 1. The van der Waals surface area contributed by atoms with E-state index in [4.69, 9.17) is 15.2 Å². The molecule has 8 atom stereocenters. The van der Waals surface area contributed by atoms with Crippen molar-refractivity contribution in [2.75, 3.05) is 18.8 Å². The number of hydrogen-bond acceptors (Lipinski definition) is 9. The smallest absolute Gasteiger partial charge is 0.321 e. The van der Waals surface area contributed by atoms with Crippen LogP contribution < -0.4 is 5.73 Å². The lowest BCUT2D eigenvalue weighted by atomic mass is 9.91. The van der Waals surface area contributed by atoms with Gasteiger partial charge in [0, 0.05) is 31.6 Å². The van der Waals surface area contributed by atoms with Gasteiger partial charge < -0.3 is 45.0 Å². The van der Waals surface area contributed by atoms with Crippen molar-refractivity contribution in [2.45, 2.75) is 147 Å². The standard InChI is InChI=1S/C34H38FN3O3.C31H37N5O3/c1-4-5-18-37-29(20-24-12-8-6-9-13-24)31-32(41-34(2,3)40-31)30(21-25-14-10-7-11-15-25)38(33(37)39)23-26-16-17-28(35)27(19-26)22-36;1-2-3-16-35-26(18-21-10-6-4-7-11-21)28(37)29(38)27(19-22-12-8-5-9-13-22)36(31(35)39)20-23-14-15-25-24(17-23)30(32)34-33-25/h6-17,19,29-32H,4-5,18,20-21,23H2,1-3H3;4-15,17,26-29,37-38H,2-3,16,18-20H2,1H3,(H3,32,33,34)/t29-,30-,31?,32?;26-,27-,28+,29+/m11/s1. The first-order valence-corrected chi connectivity index (χ1v) is 28.2. The highest BCUT2D eigenvalue weighted by Gasteiger charge is 2.55. The maximum Gasteiger partial charge on any atom is 0.321 e. The number of nitrogens with two attached hydrogens (primary N) is 1. The molecule has 14 nitrogen and oxygen atoms in total. The third kappa shape index (κ3) is 13.3. The van der Waals surface area contributed by atoms with E-state index in [1.54, 1.807) is 21.9 Å². The molecular formula is C65H75FN8O6. The Morgan fingerprint density at radius 2 is 0.988 bits per heavy atom. The Morgan fingerprint density at radius 3 is 1.45 bits per heavy atom. The number of hydrogen-bond donors (Lipinski definition) is 4. The summed E-state index contributed by atoms with van der Waals surface area (Å²) in [6, 6.07) is 50.1. The van der Waals surface area contributed by atoms with E-state index in [2.05, 4.69) is 48.3 Å². The minimum Gasteiger partial charge on any atom is -0.388 e. The molecule has 1 aromatic heterocycles. The number of benzene rings is 6. The van der Waals surface area contributed by atoms with Gasteiger partial charge in [0.25, 0.3) is 0 Å². The van der Waals surface area contributed by atoms with Gasteiger partial charge in [-0.05, 0) is 110 Å². The Morgan fingerprint density at radius 1 is 0.588 bits per heavy atom. The summed E-state index contributed by atoms with van der Waals surface area (Å²) in [5.41, 5.74) is 12.6. The van der Waals surface area contributed by atoms with Crippen molar-refractivity contribution < 1.29 is 33.7 Å². The normalized spacial score (nSPS) is 22.8. The highest BCUT2D eigenvalue weighted by molar-refractivity contribution is 5.89. The molecule has 0 saturated carbocycles. The molecule has 0 radical (unpaired) electrons. The molecule has 3 fully saturated rings. The lowest BCUT2D eigenvalue weighted by molar-refractivity contribution is -0.157. The number of amides is 4. The second kappa shape index (κ2) is 26.1. The minimum atomic E-state index is -1.14. The van der Waals surface area contributed by atoms with E-state index in [-0.39, 0.29) is 48.9 Å². The van der Waals surface area contributed by atoms with E-state index < -0.39 is 42.0 Å². The number of H-pyrrole nitrogens is 1. The van der Waals surface area contributed by atoms with Crippen molar-refractivity contribution in [3.05, 3.63) is 202 Å². The molecule has 3 aliphatic rings. The maximum atomic E-state index is 14.7.